The quantitative estimate of drug-likeness (QED) is 0.157. The molecule has 0 amide bonds. The van der Waals surface area contributed by atoms with E-state index >= 15 is 0 Å². The Morgan fingerprint density at radius 2 is 0.750 bits per heavy atom. The summed E-state index contributed by atoms with van der Waals surface area (Å²) < 4.78 is 0. The predicted octanol–water partition coefficient (Wildman–Crippen LogP) is 10.2. The van der Waals surface area contributed by atoms with Gasteiger partial charge in [-0.15, -0.1) is 0 Å². The molecule has 0 bridgehead atoms. The lowest BCUT2D eigenvalue weighted by Gasteiger charge is -2.13. The average Bonchev–Trinajstić information content (AvgIpc) is 2.83. The second kappa shape index (κ2) is 11.5. The fourth-order valence-electron chi connectivity index (χ4n) is 5.35. The van der Waals surface area contributed by atoms with Crippen LogP contribution >= 0.6 is 0 Å². The number of hydrogen-bond acceptors (Lipinski definition) is 0. The minimum Gasteiger partial charge on any atom is -0.0654 e. The van der Waals surface area contributed by atoms with Crippen molar-refractivity contribution in [2.24, 2.45) is 0 Å². The average molecular weight is 425 g/mol. The van der Waals surface area contributed by atoms with E-state index in [1.807, 2.05) is 0 Å². The summed E-state index contributed by atoms with van der Waals surface area (Å²) >= 11 is 0. The minimum absolute atomic E-state index is 1.20. The van der Waals surface area contributed by atoms with Crippen molar-refractivity contribution in [3.8, 4) is 0 Å². The Bertz CT molecular complexity index is 1060. The molecule has 0 spiro atoms. The van der Waals surface area contributed by atoms with Gasteiger partial charge in [-0.2, -0.15) is 0 Å². The highest BCUT2D eigenvalue weighted by atomic mass is 14.1. The van der Waals surface area contributed by atoms with Crippen molar-refractivity contribution >= 4 is 32.3 Å². The minimum atomic E-state index is 1.20. The number of benzene rings is 4. The third-order valence-corrected chi connectivity index (χ3v) is 7.20. The van der Waals surface area contributed by atoms with Crippen LogP contribution in [0.1, 0.15) is 89.2 Å². The molecule has 0 fully saturated rings. The van der Waals surface area contributed by atoms with Crippen LogP contribution in [-0.2, 0) is 12.8 Å². The van der Waals surface area contributed by atoms with Crippen LogP contribution in [0, 0.1) is 0 Å². The number of unbranched alkanes of at least 4 members (excludes halogenated alkanes) is 8. The van der Waals surface area contributed by atoms with E-state index in [9.17, 15) is 0 Å². The first-order valence-corrected chi connectivity index (χ1v) is 13.2. The van der Waals surface area contributed by atoms with E-state index in [1.54, 1.807) is 0 Å². The molecule has 4 rings (SSSR count). The van der Waals surface area contributed by atoms with E-state index in [-0.39, 0.29) is 0 Å². The number of fused-ring (bicyclic) bond motifs is 5. The van der Waals surface area contributed by atoms with Crippen LogP contribution in [0.15, 0.2) is 60.7 Å². The first-order valence-electron chi connectivity index (χ1n) is 13.2. The summed E-state index contributed by atoms with van der Waals surface area (Å²) in [7, 11) is 0. The topological polar surface area (TPSA) is 0 Å². The molecule has 0 heterocycles. The molecule has 168 valence electrons. The fourth-order valence-corrected chi connectivity index (χ4v) is 5.35. The smallest absolute Gasteiger partial charge is 0.00989 e. The van der Waals surface area contributed by atoms with Gasteiger partial charge in [0.05, 0.1) is 0 Å². The molecule has 0 saturated heterocycles. The molecule has 0 N–H and O–H groups in total. The Kier molecular flexibility index (Phi) is 8.21. The van der Waals surface area contributed by atoms with Gasteiger partial charge in [0, 0.05) is 0 Å². The summed E-state index contributed by atoms with van der Waals surface area (Å²) in [5.74, 6) is 0. The molecule has 4 aromatic rings. The first-order chi connectivity index (χ1) is 15.8. The highest BCUT2D eigenvalue weighted by Gasteiger charge is 2.09. The van der Waals surface area contributed by atoms with Crippen molar-refractivity contribution in [3.05, 3.63) is 71.8 Å². The molecule has 0 aliphatic heterocycles. The highest BCUT2D eigenvalue weighted by molar-refractivity contribution is 6.18. The van der Waals surface area contributed by atoms with Crippen molar-refractivity contribution < 1.29 is 0 Å². The van der Waals surface area contributed by atoms with E-state index in [0.717, 1.165) is 0 Å². The second-order valence-electron chi connectivity index (χ2n) is 9.58. The van der Waals surface area contributed by atoms with Crippen molar-refractivity contribution in [2.45, 2.75) is 90.9 Å². The summed E-state index contributed by atoms with van der Waals surface area (Å²) in [6.45, 7) is 4.58. The molecule has 4 aromatic carbocycles. The van der Waals surface area contributed by atoms with Gasteiger partial charge in [-0.3, -0.25) is 0 Å². The molecule has 0 atom stereocenters. The van der Waals surface area contributed by atoms with E-state index in [0.29, 0.717) is 0 Å². The zero-order valence-corrected chi connectivity index (χ0v) is 20.3. The van der Waals surface area contributed by atoms with Crippen molar-refractivity contribution in [2.75, 3.05) is 0 Å². The number of rotatable bonds is 12. The molecule has 32 heavy (non-hydrogen) atoms. The lowest BCUT2D eigenvalue weighted by molar-refractivity contribution is 0.633. The summed E-state index contributed by atoms with van der Waals surface area (Å²) in [6.07, 6.45) is 15.8. The van der Waals surface area contributed by atoms with Gasteiger partial charge in [-0.1, -0.05) is 126 Å². The summed E-state index contributed by atoms with van der Waals surface area (Å²) in [4.78, 5) is 0. The molecule has 0 nitrogen and oxygen atoms in total. The van der Waals surface area contributed by atoms with Crippen LogP contribution in [0.25, 0.3) is 32.3 Å². The lowest BCUT2D eigenvalue weighted by Crippen LogP contribution is -1.91. The Balaban J connectivity index is 1.62. The fraction of sp³-hybridized carbons (Fsp3) is 0.438. The Labute approximate surface area is 195 Å². The van der Waals surface area contributed by atoms with Gasteiger partial charge in [0.1, 0.15) is 0 Å². The van der Waals surface area contributed by atoms with E-state index in [2.05, 4.69) is 74.5 Å². The van der Waals surface area contributed by atoms with Gasteiger partial charge in [0.2, 0.25) is 0 Å². The molecule has 0 aromatic heterocycles. The number of hydrogen-bond donors (Lipinski definition) is 0. The monoisotopic (exact) mass is 424 g/mol. The molecule has 0 aliphatic carbocycles. The first kappa shape index (κ1) is 22.8. The van der Waals surface area contributed by atoms with Gasteiger partial charge < -0.3 is 0 Å². The SMILES string of the molecule is CCCCCCCc1cccc2c1ccc1c3cccc(CCCCCCC)c3ccc21. The van der Waals surface area contributed by atoms with E-state index in [4.69, 9.17) is 0 Å². The van der Waals surface area contributed by atoms with Gasteiger partial charge in [0.15, 0.2) is 0 Å². The molecule has 0 saturated carbocycles. The third kappa shape index (κ3) is 5.17. The maximum atomic E-state index is 2.38. The van der Waals surface area contributed by atoms with Crippen LogP contribution in [-0.4, -0.2) is 0 Å². The standard InChI is InChI=1S/C32H40/c1-3-5-7-9-11-15-25-17-13-19-29-27(25)21-23-32-30-20-14-18-26(16-12-10-8-6-4-2)28(30)22-24-31(29)32/h13-14,17-24H,3-12,15-16H2,1-2H3. The Morgan fingerprint density at radius 3 is 1.19 bits per heavy atom. The summed E-state index contributed by atoms with van der Waals surface area (Å²) in [5.41, 5.74) is 3.03. The van der Waals surface area contributed by atoms with E-state index in [1.165, 1.54) is 120 Å². The zero-order valence-electron chi connectivity index (χ0n) is 20.3. The van der Waals surface area contributed by atoms with Crippen LogP contribution < -0.4 is 0 Å². The van der Waals surface area contributed by atoms with Crippen molar-refractivity contribution in [1.82, 2.24) is 0 Å². The molecule has 0 radical (unpaired) electrons. The maximum Gasteiger partial charge on any atom is -0.00989 e. The molecule has 0 heteroatoms. The Hall–Kier alpha value is -2.34. The molecule has 0 unspecified atom stereocenters. The van der Waals surface area contributed by atoms with E-state index < -0.39 is 0 Å². The van der Waals surface area contributed by atoms with Crippen molar-refractivity contribution in [3.63, 3.8) is 0 Å². The van der Waals surface area contributed by atoms with Gasteiger partial charge in [-0.05, 0) is 69.1 Å². The highest BCUT2D eigenvalue weighted by Crippen LogP contribution is 2.34. The Morgan fingerprint density at radius 1 is 0.375 bits per heavy atom. The van der Waals surface area contributed by atoms with Gasteiger partial charge in [-0.25, -0.2) is 0 Å². The predicted molar refractivity (Wildman–Crippen MR) is 144 cm³/mol. The molecule has 0 aliphatic rings. The van der Waals surface area contributed by atoms with Crippen LogP contribution in [0.2, 0.25) is 0 Å². The zero-order chi connectivity index (χ0) is 22.2. The van der Waals surface area contributed by atoms with Crippen LogP contribution in [0.4, 0.5) is 0 Å². The third-order valence-electron chi connectivity index (χ3n) is 7.20. The molecular formula is C32H40. The largest absolute Gasteiger partial charge is 0.0654 e. The molecular weight excluding hydrogens is 384 g/mol. The normalized spacial score (nSPS) is 11.7. The van der Waals surface area contributed by atoms with Crippen LogP contribution in [0.5, 0.6) is 0 Å². The summed E-state index contributed by atoms with van der Waals surface area (Å²) in [5, 5.41) is 8.54. The maximum absolute atomic E-state index is 2.38. The van der Waals surface area contributed by atoms with Gasteiger partial charge >= 0.3 is 0 Å². The van der Waals surface area contributed by atoms with Crippen LogP contribution in [0.3, 0.4) is 0 Å². The lowest BCUT2D eigenvalue weighted by atomic mass is 9.91. The van der Waals surface area contributed by atoms with Crippen molar-refractivity contribution in [1.29, 1.82) is 0 Å². The number of aryl methyl sites for hydroxylation is 2. The summed E-state index contributed by atoms with van der Waals surface area (Å²) in [6, 6.07) is 23.4. The second-order valence-corrected chi connectivity index (χ2v) is 9.58. The van der Waals surface area contributed by atoms with Gasteiger partial charge in [0.25, 0.3) is 0 Å².